The quantitative estimate of drug-likeness (QED) is 0.875. The zero-order valence-corrected chi connectivity index (χ0v) is 10.8. The summed E-state index contributed by atoms with van der Waals surface area (Å²) >= 11 is 0. The number of benzene rings is 1. The molecule has 3 rings (SSSR count). The predicted molar refractivity (Wildman–Crippen MR) is 73.7 cm³/mol. The molecule has 18 heavy (non-hydrogen) atoms. The summed E-state index contributed by atoms with van der Waals surface area (Å²) in [5, 5.41) is 3.44. The Morgan fingerprint density at radius 2 is 1.78 bits per heavy atom. The van der Waals surface area contributed by atoms with Crippen molar-refractivity contribution in [3.8, 4) is 0 Å². The first-order valence-electron chi connectivity index (χ1n) is 7.14. The Kier molecular flexibility index (Phi) is 3.39. The molecule has 1 aliphatic heterocycles. The Hall–Kier alpha value is -1.25. The molecule has 98 valence electrons. The van der Waals surface area contributed by atoms with Crippen LogP contribution in [0.1, 0.15) is 38.5 Å². The highest BCUT2D eigenvalue weighted by Gasteiger charge is 2.18. The van der Waals surface area contributed by atoms with Gasteiger partial charge in [-0.1, -0.05) is 12.8 Å². The lowest BCUT2D eigenvalue weighted by atomic mass is 10.2. The summed E-state index contributed by atoms with van der Waals surface area (Å²) in [5.41, 5.74) is 1.70. The van der Waals surface area contributed by atoms with E-state index in [2.05, 4.69) is 10.2 Å². The average Bonchev–Trinajstić information content (AvgIpc) is 3.01. The maximum Gasteiger partial charge on any atom is 0.148 e. The third kappa shape index (κ3) is 2.45. The second-order valence-electron chi connectivity index (χ2n) is 5.49. The van der Waals surface area contributed by atoms with Crippen molar-refractivity contribution >= 4 is 11.4 Å². The number of nitrogens with zero attached hydrogens (tertiary/aromatic N) is 1. The second-order valence-corrected chi connectivity index (χ2v) is 5.49. The van der Waals surface area contributed by atoms with Gasteiger partial charge in [0.05, 0.1) is 5.69 Å². The van der Waals surface area contributed by atoms with Crippen molar-refractivity contribution in [2.45, 2.75) is 44.6 Å². The molecule has 1 aliphatic carbocycles. The summed E-state index contributed by atoms with van der Waals surface area (Å²) in [6.45, 7) is 1.98. The minimum absolute atomic E-state index is 0.0834. The highest BCUT2D eigenvalue weighted by molar-refractivity contribution is 5.57. The monoisotopic (exact) mass is 248 g/mol. The Labute approximate surface area is 108 Å². The fraction of sp³-hybridized carbons (Fsp3) is 0.600. The van der Waals surface area contributed by atoms with E-state index in [1.165, 1.54) is 38.5 Å². The van der Waals surface area contributed by atoms with Crippen LogP contribution in [0.2, 0.25) is 0 Å². The van der Waals surface area contributed by atoms with Crippen LogP contribution in [0.15, 0.2) is 18.2 Å². The summed E-state index contributed by atoms with van der Waals surface area (Å²) in [5.74, 6) is -0.0834. The van der Waals surface area contributed by atoms with E-state index in [9.17, 15) is 4.39 Å². The first-order chi connectivity index (χ1) is 8.83. The van der Waals surface area contributed by atoms with Gasteiger partial charge in [-0.05, 0) is 43.9 Å². The molecule has 1 heterocycles. The molecule has 1 saturated heterocycles. The van der Waals surface area contributed by atoms with Gasteiger partial charge in [0.25, 0.3) is 0 Å². The number of anilines is 2. The van der Waals surface area contributed by atoms with Gasteiger partial charge in [-0.2, -0.15) is 0 Å². The van der Waals surface area contributed by atoms with Crippen molar-refractivity contribution in [1.29, 1.82) is 0 Å². The van der Waals surface area contributed by atoms with Crippen LogP contribution in [0.5, 0.6) is 0 Å². The first kappa shape index (κ1) is 11.8. The lowest BCUT2D eigenvalue weighted by Crippen LogP contribution is -2.19. The topological polar surface area (TPSA) is 15.3 Å². The lowest BCUT2D eigenvalue weighted by Gasteiger charge is -2.20. The number of hydrogen-bond donors (Lipinski definition) is 1. The molecule has 0 unspecified atom stereocenters. The molecule has 1 aromatic rings. The normalized spacial score (nSPS) is 20.6. The van der Waals surface area contributed by atoms with Gasteiger partial charge in [-0.15, -0.1) is 0 Å². The fourth-order valence-electron chi connectivity index (χ4n) is 3.12. The smallest absolute Gasteiger partial charge is 0.148 e. The molecule has 2 fully saturated rings. The molecule has 1 N–H and O–H groups in total. The van der Waals surface area contributed by atoms with Gasteiger partial charge in [-0.3, -0.25) is 0 Å². The number of halogens is 1. The van der Waals surface area contributed by atoms with Gasteiger partial charge in [0.2, 0.25) is 0 Å². The van der Waals surface area contributed by atoms with Crippen LogP contribution in [0.4, 0.5) is 15.8 Å². The molecule has 2 aliphatic rings. The number of rotatable bonds is 3. The van der Waals surface area contributed by atoms with Gasteiger partial charge < -0.3 is 10.2 Å². The molecule has 2 nitrogen and oxygen atoms in total. The molecule has 0 bridgehead atoms. The molecule has 0 spiro atoms. The van der Waals surface area contributed by atoms with E-state index in [4.69, 9.17) is 0 Å². The lowest BCUT2D eigenvalue weighted by molar-refractivity contribution is 0.623. The van der Waals surface area contributed by atoms with Crippen molar-refractivity contribution in [1.82, 2.24) is 0 Å². The third-order valence-electron chi connectivity index (χ3n) is 4.12. The van der Waals surface area contributed by atoms with Crippen molar-refractivity contribution in [3.63, 3.8) is 0 Å². The SMILES string of the molecule is Fc1cc(NC2CCCC2)ccc1N1CCCC1. The van der Waals surface area contributed by atoms with E-state index < -0.39 is 0 Å². The standard InChI is InChI=1S/C15H21FN2/c16-14-11-13(17-12-5-1-2-6-12)7-8-15(14)18-9-3-4-10-18/h7-8,11-12,17H,1-6,9-10H2. The minimum atomic E-state index is -0.0834. The summed E-state index contributed by atoms with van der Waals surface area (Å²) in [6.07, 6.45) is 7.39. The Bertz CT molecular complexity index is 407. The van der Waals surface area contributed by atoms with Crippen LogP contribution < -0.4 is 10.2 Å². The summed E-state index contributed by atoms with van der Waals surface area (Å²) in [7, 11) is 0. The van der Waals surface area contributed by atoms with E-state index >= 15 is 0 Å². The van der Waals surface area contributed by atoms with Crippen molar-refractivity contribution in [2.75, 3.05) is 23.3 Å². The molecule has 1 aromatic carbocycles. The van der Waals surface area contributed by atoms with Crippen LogP contribution in [0.3, 0.4) is 0 Å². The zero-order chi connectivity index (χ0) is 12.4. The number of hydrogen-bond acceptors (Lipinski definition) is 2. The maximum absolute atomic E-state index is 14.1. The zero-order valence-electron chi connectivity index (χ0n) is 10.8. The van der Waals surface area contributed by atoms with Gasteiger partial charge in [0.1, 0.15) is 5.82 Å². The maximum atomic E-state index is 14.1. The van der Waals surface area contributed by atoms with Gasteiger partial charge in [-0.25, -0.2) is 4.39 Å². The molecule has 0 radical (unpaired) electrons. The summed E-state index contributed by atoms with van der Waals surface area (Å²) in [4.78, 5) is 2.15. The average molecular weight is 248 g/mol. The first-order valence-corrected chi connectivity index (χ1v) is 7.14. The van der Waals surface area contributed by atoms with Gasteiger partial charge in [0.15, 0.2) is 0 Å². The predicted octanol–water partition coefficient (Wildman–Crippen LogP) is 3.78. The molecule has 0 amide bonds. The van der Waals surface area contributed by atoms with Crippen LogP contribution in [0.25, 0.3) is 0 Å². The molecular weight excluding hydrogens is 227 g/mol. The van der Waals surface area contributed by atoms with E-state index in [-0.39, 0.29) is 5.82 Å². The molecular formula is C15H21FN2. The Morgan fingerprint density at radius 1 is 1.06 bits per heavy atom. The highest BCUT2D eigenvalue weighted by Crippen LogP contribution is 2.28. The van der Waals surface area contributed by atoms with Crippen LogP contribution in [-0.4, -0.2) is 19.1 Å². The summed E-state index contributed by atoms with van der Waals surface area (Å²) < 4.78 is 14.1. The van der Waals surface area contributed by atoms with E-state index in [0.29, 0.717) is 6.04 Å². The minimum Gasteiger partial charge on any atom is -0.382 e. The fourth-order valence-corrected chi connectivity index (χ4v) is 3.12. The van der Waals surface area contributed by atoms with Crippen molar-refractivity contribution in [2.24, 2.45) is 0 Å². The third-order valence-corrected chi connectivity index (χ3v) is 4.12. The van der Waals surface area contributed by atoms with E-state index in [1.807, 2.05) is 12.1 Å². The van der Waals surface area contributed by atoms with Crippen molar-refractivity contribution < 1.29 is 4.39 Å². The van der Waals surface area contributed by atoms with Gasteiger partial charge >= 0.3 is 0 Å². The van der Waals surface area contributed by atoms with Crippen molar-refractivity contribution in [3.05, 3.63) is 24.0 Å². The van der Waals surface area contributed by atoms with E-state index in [0.717, 1.165) is 24.5 Å². The van der Waals surface area contributed by atoms with Crippen LogP contribution in [0, 0.1) is 5.82 Å². The molecule has 0 aromatic heterocycles. The Balaban J connectivity index is 1.71. The summed E-state index contributed by atoms with van der Waals surface area (Å²) in [6, 6.07) is 6.15. The van der Waals surface area contributed by atoms with E-state index in [1.54, 1.807) is 6.07 Å². The van der Waals surface area contributed by atoms with Gasteiger partial charge in [0, 0.05) is 24.8 Å². The second kappa shape index (κ2) is 5.17. The highest BCUT2D eigenvalue weighted by atomic mass is 19.1. The van der Waals surface area contributed by atoms with Crippen LogP contribution >= 0.6 is 0 Å². The number of nitrogens with one attached hydrogen (secondary N) is 1. The molecule has 3 heteroatoms. The Morgan fingerprint density at radius 3 is 2.44 bits per heavy atom. The largest absolute Gasteiger partial charge is 0.382 e. The molecule has 1 saturated carbocycles. The van der Waals surface area contributed by atoms with Crippen LogP contribution in [-0.2, 0) is 0 Å². The molecule has 0 atom stereocenters.